The molecule has 3 rings (SSSR count). The van der Waals surface area contributed by atoms with E-state index in [4.69, 9.17) is 0 Å². The third-order valence-corrected chi connectivity index (χ3v) is 4.25. The molecular weight excluding hydrogens is 304 g/mol. The lowest BCUT2D eigenvalue weighted by molar-refractivity contribution is 0.514. The van der Waals surface area contributed by atoms with Crippen LogP contribution in [0.5, 0.6) is 0 Å². The second kappa shape index (κ2) is 6.91. The fourth-order valence-electron chi connectivity index (χ4n) is 2.71. The monoisotopic (exact) mass is 323 g/mol. The highest BCUT2D eigenvalue weighted by Gasteiger charge is 2.16. The fourth-order valence-corrected chi connectivity index (χ4v) is 2.71. The normalized spacial score (nSPS) is 10.8. The highest BCUT2D eigenvalue weighted by atomic mass is 19.2. The average molecular weight is 323 g/mol. The first kappa shape index (κ1) is 16.3. The Balaban J connectivity index is 2.01. The van der Waals surface area contributed by atoms with Crippen LogP contribution in [0.4, 0.5) is 8.78 Å². The first-order valence-electron chi connectivity index (χ1n) is 8.16. The van der Waals surface area contributed by atoms with E-state index in [2.05, 4.69) is 11.9 Å². The molecule has 0 radical (unpaired) electrons. The van der Waals surface area contributed by atoms with Gasteiger partial charge in [-0.15, -0.1) is 0 Å². The molecule has 122 valence electrons. The van der Waals surface area contributed by atoms with E-state index in [1.54, 1.807) is 24.4 Å². The molecule has 2 aromatic carbocycles. The summed E-state index contributed by atoms with van der Waals surface area (Å²) in [5.41, 5.74) is 3.85. The molecular formula is C21H19F2N. The summed E-state index contributed by atoms with van der Waals surface area (Å²) in [6.07, 6.45) is 3.31. The van der Waals surface area contributed by atoms with Crippen LogP contribution < -0.4 is 0 Å². The van der Waals surface area contributed by atoms with Gasteiger partial charge < -0.3 is 0 Å². The molecule has 0 bridgehead atoms. The maximum absolute atomic E-state index is 14.6. The lowest BCUT2D eigenvalue weighted by atomic mass is 9.98. The van der Waals surface area contributed by atoms with E-state index in [-0.39, 0.29) is 11.1 Å². The van der Waals surface area contributed by atoms with Crippen LogP contribution >= 0.6 is 0 Å². The number of hydrogen-bond acceptors (Lipinski definition) is 1. The summed E-state index contributed by atoms with van der Waals surface area (Å²) >= 11 is 0. The first-order chi connectivity index (χ1) is 11.6. The summed E-state index contributed by atoms with van der Waals surface area (Å²) in [5.74, 6) is -1.66. The second-order valence-electron chi connectivity index (χ2n) is 5.73. The van der Waals surface area contributed by atoms with Gasteiger partial charge in [-0.2, -0.15) is 0 Å². The minimum absolute atomic E-state index is 0.233. The van der Waals surface area contributed by atoms with Crippen molar-refractivity contribution in [2.75, 3.05) is 0 Å². The number of halogens is 2. The van der Waals surface area contributed by atoms with Gasteiger partial charge in [0.05, 0.1) is 0 Å². The molecule has 24 heavy (non-hydrogen) atoms. The van der Waals surface area contributed by atoms with Crippen molar-refractivity contribution < 1.29 is 8.78 Å². The highest BCUT2D eigenvalue weighted by molar-refractivity contribution is 5.71. The second-order valence-corrected chi connectivity index (χ2v) is 5.73. The molecule has 0 aliphatic carbocycles. The molecule has 0 spiro atoms. The summed E-state index contributed by atoms with van der Waals surface area (Å²) in [5, 5.41) is 0. The van der Waals surface area contributed by atoms with E-state index in [0.29, 0.717) is 11.1 Å². The van der Waals surface area contributed by atoms with Gasteiger partial charge in [-0.05, 0) is 30.0 Å². The third-order valence-electron chi connectivity index (χ3n) is 4.25. The van der Waals surface area contributed by atoms with Crippen LogP contribution in [0.25, 0.3) is 22.3 Å². The first-order valence-corrected chi connectivity index (χ1v) is 8.16. The molecule has 1 nitrogen and oxygen atoms in total. The maximum atomic E-state index is 14.6. The lowest BCUT2D eigenvalue weighted by Gasteiger charge is -2.10. The Labute approximate surface area is 141 Å². The van der Waals surface area contributed by atoms with Crippen LogP contribution in [0.1, 0.15) is 25.1 Å². The molecule has 0 unspecified atom stereocenters. The van der Waals surface area contributed by atoms with E-state index < -0.39 is 11.6 Å². The number of hydrogen-bond donors (Lipinski definition) is 0. The number of aryl methyl sites for hydroxylation is 2. The van der Waals surface area contributed by atoms with Gasteiger partial charge in [-0.1, -0.05) is 56.3 Å². The molecule has 0 atom stereocenters. The Morgan fingerprint density at radius 1 is 0.708 bits per heavy atom. The van der Waals surface area contributed by atoms with E-state index in [9.17, 15) is 8.78 Å². The van der Waals surface area contributed by atoms with Crippen molar-refractivity contribution in [1.82, 2.24) is 4.98 Å². The zero-order valence-corrected chi connectivity index (χ0v) is 13.8. The highest BCUT2D eigenvalue weighted by Crippen LogP contribution is 2.31. The summed E-state index contributed by atoms with van der Waals surface area (Å²) in [6, 6.07) is 14.4. The van der Waals surface area contributed by atoms with E-state index in [0.717, 1.165) is 18.5 Å². The number of pyridine rings is 1. The predicted octanol–water partition coefficient (Wildman–Crippen LogP) is 5.82. The van der Waals surface area contributed by atoms with Gasteiger partial charge in [-0.25, -0.2) is 8.78 Å². The van der Waals surface area contributed by atoms with Gasteiger partial charge in [0.15, 0.2) is 11.6 Å². The standard InChI is InChI=1S/C21H19F2N/c1-3-14-5-7-15(8-6-14)18-11-12-19(21(23)20(18)22)16-9-10-17(4-2)24-13-16/h5-13H,3-4H2,1-2H3. The van der Waals surface area contributed by atoms with Gasteiger partial charge in [0.1, 0.15) is 0 Å². The molecule has 1 heterocycles. The minimum atomic E-state index is -0.835. The van der Waals surface area contributed by atoms with Gasteiger partial charge in [0, 0.05) is 28.6 Å². The molecule has 0 N–H and O–H groups in total. The molecule has 3 heteroatoms. The zero-order valence-electron chi connectivity index (χ0n) is 13.8. The van der Waals surface area contributed by atoms with Crippen molar-refractivity contribution >= 4 is 0 Å². The summed E-state index contributed by atoms with van der Waals surface area (Å²) in [6.45, 7) is 4.06. The quantitative estimate of drug-likeness (QED) is 0.589. The van der Waals surface area contributed by atoms with Crippen LogP contribution in [0.15, 0.2) is 54.7 Å². The van der Waals surface area contributed by atoms with Gasteiger partial charge in [-0.3, -0.25) is 4.98 Å². The molecule has 0 aliphatic rings. The van der Waals surface area contributed by atoms with E-state index in [1.807, 2.05) is 37.3 Å². The molecule has 0 fully saturated rings. The molecule has 0 amide bonds. The van der Waals surface area contributed by atoms with Crippen molar-refractivity contribution in [2.24, 2.45) is 0 Å². The minimum Gasteiger partial charge on any atom is -0.261 e. The van der Waals surface area contributed by atoms with Crippen molar-refractivity contribution in [3.63, 3.8) is 0 Å². The van der Waals surface area contributed by atoms with Crippen LogP contribution in [0.2, 0.25) is 0 Å². The number of nitrogens with zero attached hydrogens (tertiary/aromatic N) is 1. The van der Waals surface area contributed by atoms with Crippen LogP contribution in [0.3, 0.4) is 0 Å². The Hall–Kier alpha value is -2.55. The largest absolute Gasteiger partial charge is 0.261 e. The molecule has 1 aromatic heterocycles. The average Bonchev–Trinajstić information content (AvgIpc) is 2.64. The van der Waals surface area contributed by atoms with Crippen molar-refractivity contribution in [1.29, 1.82) is 0 Å². The van der Waals surface area contributed by atoms with Gasteiger partial charge in [0.25, 0.3) is 0 Å². The summed E-state index contributed by atoms with van der Waals surface area (Å²) in [7, 11) is 0. The van der Waals surface area contributed by atoms with E-state index in [1.165, 1.54) is 5.56 Å². The Kier molecular flexibility index (Phi) is 4.70. The smallest absolute Gasteiger partial charge is 0.167 e. The Morgan fingerprint density at radius 3 is 1.79 bits per heavy atom. The van der Waals surface area contributed by atoms with Crippen molar-refractivity contribution in [2.45, 2.75) is 26.7 Å². The molecule has 0 saturated carbocycles. The lowest BCUT2D eigenvalue weighted by Crippen LogP contribution is -1.95. The Bertz CT molecular complexity index is 764. The molecule has 0 saturated heterocycles. The topological polar surface area (TPSA) is 12.9 Å². The Morgan fingerprint density at radius 2 is 1.29 bits per heavy atom. The SMILES string of the molecule is CCc1ccc(-c2ccc(-c3ccc(CC)nc3)c(F)c2F)cc1. The van der Waals surface area contributed by atoms with Crippen LogP contribution in [-0.2, 0) is 12.8 Å². The summed E-state index contributed by atoms with van der Waals surface area (Å²) < 4.78 is 29.1. The van der Waals surface area contributed by atoms with Crippen molar-refractivity contribution in [3.8, 4) is 22.3 Å². The fraction of sp³-hybridized carbons (Fsp3) is 0.190. The van der Waals surface area contributed by atoms with Gasteiger partial charge >= 0.3 is 0 Å². The van der Waals surface area contributed by atoms with Crippen LogP contribution in [0, 0.1) is 11.6 Å². The summed E-state index contributed by atoms with van der Waals surface area (Å²) in [4.78, 5) is 4.25. The maximum Gasteiger partial charge on any atom is 0.167 e. The van der Waals surface area contributed by atoms with E-state index >= 15 is 0 Å². The van der Waals surface area contributed by atoms with Crippen molar-refractivity contribution in [3.05, 3.63) is 77.6 Å². The number of benzene rings is 2. The number of aromatic nitrogens is 1. The molecule has 3 aromatic rings. The zero-order chi connectivity index (χ0) is 17.1. The third kappa shape index (κ3) is 3.07. The molecule has 0 aliphatic heterocycles. The van der Waals surface area contributed by atoms with Gasteiger partial charge in [0.2, 0.25) is 0 Å². The van der Waals surface area contributed by atoms with Crippen LogP contribution in [-0.4, -0.2) is 4.98 Å². The predicted molar refractivity (Wildman–Crippen MR) is 93.8 cm³/mol. The number of rotatable bonds is 4.